The molecular weight excluding hydrogens is 414 g/mol. The Bertz CT molecular complexity index is 907. The molecule has 2 rings (SSSR count). The molecule has 0 N–H and O–H groups in total. The maximum Gasteiger partial charge on any atom is 0.410 e. The molecular formula is C23H37N3O4S. The van der Waals surface area contributed by atoms with Gasteiger partial charge < -0.3 is 9.64 Å². The number of amides is 1. The van der Waals surface area contributed by atoms with Crippen molar-refractivity contribution in [2.75, 3.05) is 6.61 Å². The molecule has 2 atom stereocenters. The Morgan fingerprint density at radius 1 is 1.10 bits per heavy atom. The molecule has 1 fully saturated rings. The number of hydrogen-bond donors (Lipinski definition) is 0. The van der Waals surface area contributed by atoms with E-state index >= 15 is 0 Å². The minimum absolute atomic E-state index is 0.0128. The van der Waals surface area contributed by atoms with Crippen LogP contribution in [-0.2, 0) is 14.8 Å². The Hall–Kier alpha value is -2.09. The Balaban J connectivity index is 2.64. The quantitative estimate of drug-likeness (QED) is 0.471. The minimum atomic E-state index is -3.97. The van der Waals surface area contributed by atoms with Crippen LogP contribution in [0, 0.1) is 12.3 Å². The summed E-state index contributed by atoms with van der Waals surface area (Å²) >= 11 is 0. The van der Waals surface area contributed by atoms with Gasteiger partial charge in [0.05, 0.1) is 17.0 Å². The second-order valence-electron chi connectivity index (χ2n) is 9.87. The van der Waals surface area contributed by atoms with Crippen molar-refractivity contribution < 1.29 is 17.9 Å². The molecule has 0 radical (unpaired) electrons. The molecule has 1 saturated heterocycles. The summed E-state index contributed by atoms with van der Waals surface area (Å²) in [5.74, 6) is 0.346. The van der Waals surface area contributed by atoms with Crippen LogP contribution in [0.25, 0.3) is 0 Å². The molecule has 1 aromatic rings. The Kier molecular flexibility index (Phi) is 7.46. The van der Waals surface area contributed by atoms with Crippen molar-refractivity contribution in [2.45, 2.75) is 91.4 Å². The molecule has 0 bridgehead atoms. The molecule has 0 spiro atoms. The Labute approximate surface area is 187 Å². The molecule has 7 nitrogen and oxygen atoms in total. The molecule has 1 aliphatic heterocycles. The highest BCUT2D eigenvalue weighted by Gasteiger charge is 2.45. The summed E-state index contributed by atoms with van der Waals surface area (Å²) < 4.78 is 36.1. The number of benzene rings is 1. The zero-order valence-electron chi connectivity index (χ0n) is 20.2. The average molecular weight is 452 g/mol. The molecule has 0 aliphatic carbocycles. The third kappa shape index (κ3) is 5.59. The van der Waals surface area contributed by atoms with Gasteiger partial charge in [-0.1, -0.05) is 38.5 Å². The number of cyclic esters (lactones) is 1. The average Bonchev–Trinajstić information content (AvgIpc) is 3.02. The van der Waals surface area contributed by atoms with Gasteiger partial charge >= 0.3 is 6.09 Å². The van der Waals surface area contributed by atoms with Crippen LogP contribution in [0.5, 0.6) is 0 Å². The summed E-state index contributed by atoms with van der Waals surface area (Å²) in [5.41, 5.74) is 0.734. The van der Waals surface area contributed by atoms with Gasteiger partial charge in [0, 0.05) is 12.1 Å². The first-order chi connectivity index (χ1) is 14.2. The van der Waals surface area contributed by atoms with Crippen molar-refractivity contribution in [1.29, 1.82) is 0 Å². The minimum Gasteiger partial charge on any atom is -0.447 e. The molecule has 174 valence electrons. The molecule has 0 aromatic heterocycles. The van der Waals surface area contributed by atoms with Crippen molar-refractivity contribution >= 4 is 22.0 Å². The molecule has 1 unspecified atom stereocenters. The Morgan fingerprint density at radius 3 is 2.06 bits per heavy atom. The van der Waals surface area contributed by atoms with Gasteiger partial charge in [-0.25, -0.2) is 4.79 Å². The number of carbonyl (C=O) groups is 1. The van der Waals surface area contributed by atoms with Gasteiger partial charge in [0.15, 0.2) is 0 Å². The molecule has 1 amide bonds. The third-order valence-electron chi connectivity index (χ3n) is 5.61. The van der Waals surface area contributed by atoms with Crippen molar-refractivity contribution in [3.8, 4) is 0 Å². The number of amidine groups is 1. The van der Waals surface area contributed by atoms with Crippen molar-refractivity contribution in [2.24, 2.45) is 9.81 Å². The highest BCUT2D eigenvalue weighted by atomic mass is 32.2. The fourth-order valence-electron chi connectivity index (χ4n) is 4.00. The normalized spacial score (nSPS) is 19.2. The first kappa shape index (κ1) is 25.2. The van der Waals surface area contributed by atoms with Crippen LogP contribution in [-0.4, -0.2) is 60.9 Å². The summed E-state index contributed by atoms with van der Waals surface area (Å²) in [6.07, 6.45) is -0.444. The van der Waals surface area contributed by atoms with Crippen LogP contribution in [0.15, 0.2) is 33.6 Å². The molecule has 1 aromatic carbocycles. The lowest BCUT2D eigenvalue weighted by Crippen LogP contribution is -2.56. The van der Waals surface area contributed by atoms with Gasteiger partial charge in [0.25, 0.3) is 10.0 Å². The van der Waals surface area contributed by atoms with Gasteiger partial charge in [-0.05, 0) is 59.1 Å². The number of ether oxygens (including phenoxy) is 1. The van der Waals surface area contributed by atoms with Gasteiger partial charge in [0.1, 0.15) is 12.4 Å². The van der Waals surface area contributed by atoms with E-state index in [0.717, 1.165) is 5.56 Å². The van der Waals surface area contributed by atoms with E-state index in [1.54, 1.807) is 29.2 Å². The number of hydrogen-bond acceptors (Lipinski definition) is 4. The van der Waals surface area contributed by atoms with Crippen molar-refractivity contribution in [3.63, 3.8) is 0 Å². The number of sulfonamides is 1. The number of rotatable bonds is 6. The standard InChI is InChI=1S/C23H37N3O4S/c1-15(2)25(16(3)4)21(24-31(28,29)19-12-10-17(5)11-13-19)18(6)26-20(23(7,8)9)14-30-22(26)27/h10-13,15-16,18,20H,14H2,1-9H3/b24-21-/t18?,20-/m1/s1. The lowest BCUT2D eigenvalue weighted by Gasteiger charge is -2.41. The van der Waals surface area contributed by atoms with Crippen molar-refractivity contribution in [3.05, 3.63) is 29.8 Å². The number of carbonyl (C=O) groups excluding carboxylic acids is 1. The fraction of sp³-hybridized carbons (Fsp3) is 0.652. The van der Waals surface area contributed by atoms with Crippen LogP contribution >= 0.6 is 0 Å². The van der Waals surface area contributed by atoms with Crippen LogP contribution in [0.3, 0.4) is 0 Å². The highest BCUT2D eigenvalue weighted by molar-refractivity contribution is 7.90. The van der Waals surface area contributed by atoms with Gasteiger partial charge in [-0.3, -0.25) is 4.90 Å². The first-order valence-electron chi connectivity index (χ1n) is 10.8. The van der Waals surface area contributed by atoms with Crippen LogP contribution in [0.4, 0.5) is 4.79 Å². The van der Waals surface area contributed by atoms with E-state index in [1.165, 1.54) is 0 Å². The largest absolute Gasteiger partial charge is 0.447 e. The number of aryl methyl sites for hydroxylation is 1. The van der Waals surface area contributed by atoms with E-state index in [-0.39, 0.29) is 35.0 Å². The molecule has 0 saturated carbocycles. The molecule has 31 heavy (non-hydrogen) atoms. The summed E-state index contributed by atoms with van der Waals surface area (Å²) in [5, 5.41) is 0. The lowest BCUT2D eigenvalue weighted by molar-refractivity contribution is 0.135. The Morgan fingerprint density at radius 2 is 1.61 bits per heavy atom. The van der Waals surface area contributed by atoms with Gasteiger partial charge in [-0.15, -0.1) is 4.40 Å². The van der Waals surface area contributed by atoms with E-state index in [4.69, 9.17) is 4.74 Å². The monoisotopic (exact) mass is 451 g/mol. The van der Waals surface area contributed by atoms with E-state index in [0.29, 0.717) is 5.84 Å². The van der Waals surface area contributed by atoms with Gasteiger partial charge in [0.2, 0.25) is 0 Å². The third-order valence-corrected chi connectivity index (χ3v) is 6.91. The molecule has 1 heterocycles. The van der Waals surface area contributed by atoms with E-state index in [9.17, 15) is 13.2 Å². The zero-order chi connectivity index (χ0) is 23.7. The van der Waals surface area contributed by atoms with Crippen LogP contribution in [0.2, 0.25) is 0 Å². The maximum atomic E-state index is 13.2. The SMILES string of the molecule is Cc1ccc(S(=O)(=O)/N=C(/C(C)N2C(=O)OC[C@@H]2C(C)(C)C)N(C(C)C)C(C)C)cc1. The second kappa shape index (κ2) is 9.18. The van der Waals surface area contributed by atoms with Gasteiger partial charge in [-0.2, -0.15) is 8.42 Å². The smallest absolute Gasteiger partial charge is 0.410 e. The summed E-state index contributed by atoms with van der Waals surface area (Å²) in [7, 11) is -3.97. The van der Waals surface area contributed by atoms with E-state index < -0.39 is 22.2 Å². The molecule has 1 aliphatic rings. The van der Waals surface area contributed by atoms with E-state index in [2.05, 4.69) is 4.40 Å². The first-order valence-corrected chi connectivity index (χ1v) is 12.3. The predicted octanol–water partition coefficient (Wildman–Crippen LogP) is 4.46. The summed E-state index contributed by atoms with van der Waals surface area (Å²) in [6, 6.07) is 5.83. The van der Waals surface area contributed by atoms with E-state index in [1.807, 2.05) is 67.2 Å². The summed E-state index contributed by atoms with van der Waals surface area (Å²) in [4.78, 5) is 16.4. The fourth-order valence-corrected chi connectivity index (χ4v) is 5.08. The highest BCUT2D eigenvalue weighted by Crippen LogP contribution is 2.32. The van der Waals surface area contributed by atoms with Crippen LogP contribution in [0.1, 0.15) is 61.0 Å². The lowest BCUT2D eigenvalue weighted by atomic mass is 9.86. The van der Waals surface area contributed by atoms with Crippen LogP contribution < -0.4 is 0 Å². The van der Waals surface area contributed by atoms with Crippen molar-refractivity contribution in [1.82, 2.24) is 9.80 Å². The second-order valence-corrected chi connectivity index (χ2v) is 11.5. The zero-order valence-corrected chi connectivity index (χ0v) is 21.0. The summed E-state index contributed by atoms with van der Waals surface area (Å²) in [6.45, 7) is 18.1. The maximum absolute atomic E-state index is 13.2. The molecule has 8 heteroatoms. The topological polar surface area (TPSA) is 79.3 Å². The number of nitrogens with zero attached hydrogens (tertiary/aromatic N) is 3. The predicted molar refractivity (Wildman–Crippen MR) is 124 cm³/mol.